The fourth-order valence-electron chi connectivity index (χ4n) is 2.92. The van der Waals surface area contributed by atoms with Gasteiger partial charge >= 0.3 is 0 Å². The second-order valence-corrected chi connectivity index (χ2v) is 5.59. The molecule has 0 radical (unpaired) electrons. The molecular formula is C17H27NO. The van der Waals surface area contributed by atoms with E-state index in [-0.39, 0.29) is 0 Å². The lowest BCUT2D eigenvalue weighted by atomic mass is 9.99. The summed E-state index contributed by atoms with van der Waals surface area (Å²) in [6.07, 6.45) is 7.28. The highest BCUT2D eigenvalue weighted by molar-refractivity contribution is 5.35. The molecule has 1 aliphatic rings. The van der Waals surface area contributed by atoms with Crippen LogP contribution in [0.2, 0.25) is 0 Å². The lowest BCUT2D eigenvalue weighted by molar-refractivity contribution is 0.182. The summed E-state index contributed by atoms with van der Waals surface area (Å²) in [5.74, 6) is 0. The minimum atomic E-state index is 0.541. The van der Waals surface area contributed by atoms with Gasteiger partial charge in [-0.25, -0.2) is 0 Å². The van der Waals surface area contributed by atoms with Crippen molar-refractivity contribution < 1.29 is 4.74 Å². The van der Waals surface area contributed by atoms with E-state index in [1.807, 2.05) is 0 Å². The van der Waals surface area contributed by atoms with Crippen LogP contribution < -0.4 is 5.32 Å². The average Bonchev–Trinajstić information content (AvgIpc) is 2.89. The summed E-state index contributed by atoms with van der Waals surface area (Å²) >= 11 is 0. The van der Waals surface area contributed by atoms with Crippen LogP contribution in [0.1, 0.15) is 42.9 Å². The van der Waals surface area contributed by atoms with Gasteiger partial charge in [-0.3, -0.25) is 0 Å². The summed E-state index contributed by atoms with van der Waals surface area (Å²) in [5, 5.41) is 3.64. The number of aryl methyl sites for hydroxylation is 2. The van der Waals surface area contributed by atoms with Crippen molar-refractivity contribution in [2.45, 2.75) is 51.5 Å². The third-order valence-corrected chi connectivity index (χ3v) is 4.00. The van der Waals surface area contributed by atoms with Gasteiger partial charge in [0.25, 0.3) is 0 Å². The summed E-state index contributed by atoms with van der Waals surface area (Å²) in [4.78, 5) is 0. The van der Waals surface area contributed by atoms with Crippen molar-refractivity contribution in [2.24, 2.45) is 0 Å². The number of fused-ring (bicyclic) bond motifs is 1. The SMILES string of the molecule is CCCNC(CCOC)Cc1ccc2c(c1)CCC2. The number of nitrogens with one attached hydrogen (secondary N) is 1. The Labute approximate surface area is 117 Å². The molecule has 0 aliphatic heterocycles. The number of rotatable bonds is 8. The number of methoxy groups -OCH3 is 1. The van der Waals surface area contributed by atoms with E-state index >= 15 is 0 Å². The Morgan fingerprint density at radius 2 is 2.11 bits per heavy atom. The molecule has 2 nitrogen and oxygen atoms in total. The van der Waals surface area contributed by atoms with Crippen LogP contribution in [-0.2, 0) is 24.0 Å². The predicted octanol–water partition coefficient (Wildman–Crippen LogP) is 3.12. The first kappa shape index (κ1) is 14.5. The zero-order valence-corrected chi connectivity index (χ0v) is 12.4. The van der Waals surface area contributed by atoms with Crippen molar-refractivity contribution >= 4 is 0 Å². The number of hydrogen-bond donors (Lipinski definition) is 1. The molecule has 0 spiro atoms. The van der Waals surface area contributed by atoms with Gasteiger partial charge in [-0.2, -0.15) is 0 Å². The van der Waals surface area contributed by atoms with E-state index in [0.717, 1.165) is 26.0 Å². The molecule has 0 aromatic heterocycles. The summed E-state index contributed by atoms with van der Waals surface area (Å²) < 4.78 is 5.22. The van der Waals surface area contributed by atoms with E-state index in [9.17, 15) is 0 Å². The molecule has 1 N–H and O–H groups in total. The van der Waals surface area contributed by atoms with E-state index in [4.69, 9.17) is 4.74 Å². The minimum absolute atomic E-state index is 0.541. The highest BCUT2D eigenvalue weighted by atomic mass is 16.5. The largest absolute Gasteiger partial charge is 0.385 e. The molecule has 1 aromatic carbocycles. The molecule has 1 aliphatic carbocycles. The quantitative estimate of drug-likeness (QED) is 0.776. The predicted molar refractivity (Wildman–Crippen MR) is 80.7 cm³/mol. The van der Waals surface area contributed by atoms with Gasteiger partial charge in [0.05, 0.1) is 0 Å². The highest BCUT2D eigenvalue weighted by Crippen LogP contribution is 2.23. The molecular weight excluding hydrogens is 234 g/mol. The third kappa shape index (κ3) is 4.32. The Bertz CT molecular complexity index is 381. The van der Waals surface area contributed by atoms with E-state index in [1.54, 1.807) is 18.2 Å². The molecule has 1 atom stereocenters. The Morgan fingerprint density at radius 1 is 1.26 bits per heavy atom. The summed E-state index contributed by atoms with van der Waals surface area (Å²) in [7, 11) is 1.78. The Morgan fingerprint density at radius 3 is 2.89 bits per heavy atom. The molecule has 0 amide bonds. The van der Waals surface area contributed by atoms with E-state index in [1.165, 1.54) is 31.2 Å². The van der Waals surface area contributed by atoms with Gasteiger partial charge in [-0.05, 0) is 61.8 Å². The highest BCUT2D eigenvalue weighted by Gasteiger charge is 2.13. The maximum Gasteiger partial charge on any atom is 0.0477 e. The smallest absolute Gasteiger partial charge is 0.0477 e. The molecule has 106 valence electrons. The van der Waals surface area contributed by atoms with Crippen molar-refractivity contribution in [1.82, 2.24) is 5.32 Å². The number of benzene rings is 1. The molecule has 19 heavy (non-hydrogen) atoms. The van der Waals surface area contributed by atoms with Crippen molar-refractivity contribution in [1.29, 1.82) is 0 Å². The van der Waals surface area contributed by atoms with E-state index in [0.29, 0.717) is 6.04 Å². The first-order valence-corrected chi connectivity index (χ1v) is 7.66. The van der Waals surface area contributed by atoms with Gasteiger partial charge in [-0.1, -0.05) is 25.1 Å². The maximum absolute atomic E-state index is 5.22. The van der Waals surface area contributed by atoms with Crippen LogP contribution in [0.3, 0.4) is 0 Å². The molecule has 0 bridgehead atoms. The van der Waals surface area contributed by atoms with Crippen molar-refractivity contribution in [2.75, 3.05) is 20.3 Å². The fourth-order valence-corrected chi connectivity index (χ4v) is 2.92. The molecule has 0 fully saturated rings. The lowest BCUT2D eigenvalue weighted by Crippen LogP contribution is -2.32. The molecule has 1 unspecified atom stereocenters. The summed E-state index contributed by atoms with van der Waals surface area (Å²) in [6, 6.07) is 7.62. The van der Waals surface area contributed by atoms with E-state index < -0.39 is 0 Å². The van der Waals surface area contributed by atoms with Gasteiger partial charge in [0, 0.05) is 19.8 Å². The number of ether oxygens (including phenoxy) is 1. The van der Waals surface area contributed by atoms with Crippen molar-refractivity contribution in [3.63, 3.8) is 0 Å². The van der Waals surface area contributed by atoms with Crippen LogP contribution in [0.25, 0.3) is 0 Å². The van der Waals surface area contributed by atoms with Gasteiger partial charge < -0.3 is 10.1 Å². The van der Waals surface area contributed by atoms with Crippen LogP contribution in [0, 0.1) is 0 Å². The molecule has 0 saturated carbocycles. The standard InChI is InChI=1S/C17H27NO/c1-3-10-18-17(9-11-19-2)13-14-7-8-15-5-4-6-16(15)12-14/h7-8,12,17-18H,3-6,9-11,13H2,1-2H3. The lowest BCUT2D eigenvalue weighted by Gasteiger charge is -2.18. The molecule has 1 aromatic rings. The van der Waals surface area contributed by atoms with Crippen LogP contribution in [-0.4, -0.2) is 26.3 Å². The second kappa shape index (κ2) is 7.66. The molecule has 2 rings (SSSR count). The zero-order chi connectivity index (χ0) is 13.5. The first-order valence-electron chi connectivity index (χ1n) is 7.66. The fraction of sp³-hybridized carbons (Fsp3) is 0.647. The number of hydrogen-bond acceptors (Lipinski definition) is 2. The second-order valence-electron chi connectivity index (χ2n) is 5.59. The van der Waals surface area contributed by atoms with Crippen LogP contribution in [0.15, 0.2) is 18.2 Å². The monoisotopic (exact) mass is 261 g/mol. The Balaban J connectivity index is 1.95. The van der Waals surface area contributed by atoms with Gasteiger partial charge in [0.2, 0.25) is 0 Å². The van der Waals surface area contributed by atoms with Crippen LogP contribution >= 0.6 is 0 Å². The van der Waals surface area contributed by atoms with E-state index in [2.05, 4.69) is 30.4 Å². The normalized spacial score (nSPS) is 15.5. The van der Waals surface area contributed by atoms with Gasteiger partial charge in [0.1, 0.15) is 0 Å². The van der Waals surface area contributed by atoms with Crippen molar-refractivity contribution in [3.8, 4) is 0 Å². The average molecular weight is 261 g/mol. The molecule has 0 saturated heterocycles. The minimum Gasteiger partial charge on any atom is -0.385 e. The van der Waals surface area contributed by atoms with Gasteiger partial charge in [0.15, 0.2) is 0 Å². The zero-order valence-electron chi connectivity index (χ0n) is 12.4. The maximum atomic E-state index is 5.22. The van der Waals surface area contributed by atoms with Crippen LogP contribution in [0.4, 0.5) is 0 Å². The topological polar surface area (TPSA) is 21.3 Å². The first-order chi connectivity index (χ1) is 9.33. The Kier molecular flexibility index (Phi) is 5.87. The van der Waals surface area contributed by atoms with Gasteiger partial charge in [-0.15, -0.1) is 0 Å². The van der Waals surface area contributed by atoms with Crippen LogP contribution in [0.5, 0.6) is 0 Å². The van der Waals surface area contributed by atoms with Crippen molar-refractivity contribution in [3.05, 3.63) is 34.9 Å². The Hall–Kier alpha value is -0.860. The molecule has 0 heterocycles. The molecule has 2 heteroatoms. The third-order valence-electron chi connectivity index (χ3n) is 4.00. The summed E-state index contributed by atoms with van der Waals surface area (Å²) in [5.41, 5.74) is 4.63. The summed E-state index contributed by atoms with van der Waals surface area (Å²) in [6.45, 7) is 4.15.